The average Bonchev–Trinajstić information content (AvgIpc) is 2.15. The van der Waals surface area contributed by atoms with Crippen LogP contribution in [0.5, 0.6) is 0 Å². The van der Waals surface area contributed by atoms with Crippen molar-refractivity contribution in [3.05, 3.63) is 12.3 Å². The van der Waals surface area contributed by atoms with Crippen molar-refractivity contribution in [2.24, 2.45) is 0 Å². The molecule has 2 heterocycles. The zero-order valence-electron chi connectivity index (χ0n) is 4.72. The Hall–Kier alpha value is -0.500. The van der Waals surface area contributed by atoms with Crippen molar-refractivity contribution in [1.29, 1.82) is 0 Å². The highest BCUT2D eigenvalue weighted by Crippen LogP contribution is 2.11. The van der Waals surface area contributed by atoms with Crippen molar-refractivity contribution < 1.29 is 0 Å². The molecule has 2 nitrogen and oxygen atoms in total. The fourth-order valence-corrected chi connectivity index (χ4v) is 1.40. The minimum absolute atomic E-state index is 0.634. The summed E-state index contributed by atoms with van der Waals surface area (Å²) < 4.78 is 0. The summed E-state index contributed by atoms with van der Waals surface area (Å²) in [5.74, 6) is 0. The van der Waals surface area contributed by atoms with Crippen molar-refractivity contribution in [1.82, 2.24) is 10.6 Å². The predicted octanol–water partition coefficient (Wildman–Crippen LogP) is -0.166. The molecule has 2 aliphatic rings. The molecule has 1 saturated heterocycles. The number of hydrogen-bond acceptors (Lipinski definition) is 2. The summed E-state index contributed by atoms with van der Waals surface area (Å²) >= 11 is 0. The molecule has 8 heavy (non-hydrogen) atoms. The van der Waals surface area contributed by atoms with E-state index in [1.165, 1.54) is 13.0 Å². The molecule has 2 unspecified atom stereocenters. The first-order valence-corrected chi connectivity index (χ1v) is 3.13. The van der Waals surface area contributed by atoms with Gasteiger partial charge in [0.2, 0.25) is 0 Å². The molecule has 1 fully saturated rings. The fourth-order valence-electron chi connectivity index (χ4n) is 1.40. The van der Waals surface area contributed by atoms with E-state index in [9.17, 15) is 0 Å². The number of nitrogens with one attached hydrogen (secondary N) is 2. The van der Waals surface area contributed by atoms with Crippen LogP contribution >= 0.6 is 0 Å². The molecular formula is C6H10N2. The highest BCUT2D eigenvalue weighted by Gasteiger charge is 2.26. The van der Waals surface area contributed by atoms with E-state index in [0.29, 0.717) is 12.1 Å². The van der Waals surface area contributed by atoms with Crippen LogP contribution in [0.4, 0.5) is 0 Å². The van der Waals surface area contributed by atoms with Crippen LogP contribution in [0.1, 0.15) is 6.42 Å². The van der Waals surface area contributed by atoms with Gasteiger partial charge in [0.1, 0.15) is 0 Å². The largest absolute Gasteiger partial charge is 0.386 e. The van der Waals surface area contributed by atoms with Gasteiger partial charge in [0.05, 0.1) is 0 Å². The van der Waals surface area contributed by atoms with Crippen LogP contribution < -0.4 is 10.6 Å². The SMILES string of the molecule is C1=CC2NCCC2N1. The lowest BCUT2D eigenvalue weighted by atomic mass is 10.2. The molecule has 0 aromatic heterocycles. The first-order valence-electron chi connectivity index (χ1n) is 3.13. The summed E-state index contributed by atoms with van der Waals surface area (Å²) in [6.07, 6.45) is 5.51. The Morgan fingerprint density at radius 2 is 2.50 bits per heavy atom. The fraction of sp³-hybridized carbons (Fsp3) is 0.667. The van der Waals surface area contributed by atoms with Gasteiger partial charge < -0.3 is 10.6 Å². The van der Waals surface area contributed by atoms with Crippen LogP contribution in [0.2, 0.25) is 0 Å². The standard InChI is InChI=1S/C6H10N2/c1-3-7-6-2-4-8-5(1)6/h1,3,5-8H,2,4H2. The molecule has 0 bridgehead atoms. The molecule has 2 rings (SSSR count). The molecule has 2 N–H and O–H groups in total. The maximum atomic E-state index is 3.37. The van der Waals surface area contributed by atoms with Crippen LogP contribution in [-0.4, -0.2) is 18.6 Å². The maximum Gasteiger partial charge on any atom is 0.0471 e. The molecule has 0 aromatic carbocycles. The van der Waals surface area contributed by atoms with Gasteiger partial charge in [0, 0.05) is 12.1 Å². The van der Waals surface area contributed by atoms with Crippen LogP contribution in [0.3, 0.4) is 0 Å². The Labute approximate surface area is 49.0 Å². The Balaban J connectivity index is 2.13. The van der Waals surface area contributed by atoms with Crippen molar-refractivity contribution in [3.8, 4) is 0 Å². The van der Waals surface area contributed by atoms with E-state index in [2.05, 4.69) is 16.7 Å². The second kappa shape index (κ2) is 1.49. The number of fused-ring (bicyclic) bond motifs is 1. The average molecular weight is 110 g/mol. The summed E-state index contributed by atoms with van der Waals surface area (Å²) in [5.41, 5.74) is 0. The van der Waals surface area contributed by atoms with Gasteiger partial charge in [-0.05, 0) is 25.2 Å². The van der Waals surface area contributed by atoms with Crippen molar-refractivity contribution in [2.45, 2.75) is 18.5 Å². The van der Waals surface area contributed by atoms with E-state index in [4.69, 9.17) is 0 Å². The lowest BCUT2D eigenvalue weighted by molar-refractivity contribution is 0.606. The van der Waals surface area contributed by atoms with Gasteiger partial charge in [-0.25, -0.2) is 0 Å². The molecule has 2 heteroatoms. The maximum absolute atomic E-state index is 3.37. The first kappa shape index (κ1) is 4.39. The summed E-state index contributed by atoms with van der Waals surface area (Å²) in [5, 5.41) is 6.64. The number of rotatable bonds is 0. The molecule has 0 aliphatic carbocycles. The normalized spacial score (nSPS) is 42.0. The van der Waals surface area contributed by atoms with Crippen LogP contribution in [0.25, 0.3) is 0 Å². The summed E-state index contributed by atoms with van der Waals surface area (Å²) in [6, 6.07) is 1.34. The molecular weight excluding hydrogens is 100 g/mol. The van der Waals surface area contributed by atoms with Crippen molar-refractivity contribution in [3.63, 3.8) is 0 Å². The first-order chi connectivity index (χ1) is 3.97. The minimum atomic E-state index is 0.634. The Kier molecular flexibility index (Phi) is 0.815. The van der Waals surface area contributed by atoms with Gasteiger partial charge >= 0.3 is 0 Å². The Bertz CT molecular complexity index is 120. The van der Waals surface area contributed by atoms with Crippen molar-refractivity contribution in [2.75, 3.05) is 6.54 Å². The third-order valence-corrected chi connectivity index (χ3v) is 1.88. The highest BCUT2D eigenvalue weighted by molar-refractivity contribution is 5.10. The van der Waals surface area contributed by atoms with Gasteiger partial charge in [-0.2, -0.15) is 0 Å². The van der Waals surface area contributed by atoms with E-state index in [1.807, 2.05) is 6.20 Å². The van der Waals surface area contributed by atoms with Crippen LogP contribution in [0, 0.1) is 0 Å². The van der Waals surface area contributed by atoms with Gasteiger partial charge in [-0.15, -0.1) is 0 Å². The molecule has 0 aromatic rings. The lowest BCUT2D eigenvalue weighted by Gasteiger charge is -2.06. The molecule has 0 amide bonds. The van der Waals surface area contributed by atoms with Gasteiger partial charge in [0.15, 0.2) is 0 Å². The lowest BCUT2D eigenvalue weighted by Crippen LogP contribution is -2.30. The number of hydrogen-bond donors (Lipinski definition) is 2. The van der Waals surface area contributed by atoms with Crippen LogP contribution in [0.15, 0.2) is 12.3 Å². The van der Waals surface area contributed by atoms with E-state index in [1.54, 1.807) is 0 Å². The molecule has 0 saturated carbocycles. The second-order valence-corrected chi connectivity index (χ2v) is 2.40. The summed E-state index contributed by atoms with van der Waals surface area (Å²) in [7, 11) is 0. The zero-order valence-corrected chi connectivity index (χ0v) is 4.72. The van der Waals surface area contributed by atoms with E-state index in [-0.39, 0.29) is 0 Å². The Morgan fingerprint density at radius 3 is 3.38 bits per heavy atom. The molecule has 2 aliphatic heterocycles. The van der Waals surface area contributed by atoms with E-state index < -0.39 is 0 Å². The highest BCUT2D eigenvalue weighted by atomic mass is 15.1. The predicted molar refractivity (Wildman–Crippen MR) is 32.5 cm³/mol. The van der Waals surface area contributed by atoms with E-state index >= 15 is 0 Å². The topological polar surface area (TPSA) is 24.1 Å². The zero-order chi connectivity index (χ0) is 5.40. The molecule has 44 valence electrons. The molecule has 0 radical (unpaired) electrons. The van der Waals surface area contributed by atoms with E-state index in [0.717, 1.165) is 0 Å². The quantitative estimate of drug-likeness (QED) is 0.452. The summed E-state index contributed by atoms with van der Waals surface area (Å²) in [6.45, 7) is 1.17. The third-order valence-electron chi connectivity index (χ3n) is 1.88. The van der Waals surface area contributed by atoms with Crippen LogP contribution in [-0.2, 0) is 0 Å². The molecule has 2 atom stereocenters. The second-order valence-electron chi connectivity index (χ2n) is 2.40. The van der Waals surface area contributed by atoms with Gasteiger partial charge in [-0.1, -0.05) is 0 Å². The monoisotopic (exact) mass is 110 g/mol. The van der Waals surface area contributed by atoms with Gasteiger partial charge in [-0.3, -0.25) is 0 Å². The minimum Gasteiger partial charge on any atom is -0.386 e. The smallest absolute Gasteiger partial charge is 0.0471 e. The Morgan fingerprint density at radius 1 is 1.50 bits per heavy atom. The third kappa shape index (κ3) is 0.464. The summed E-state index contributed by atoms with van der Waals surface area (Å²) in [4.78, 5) is 0. The van der Waals surface area contributed by atoms with Crippen molar-refractivity contribution >= 4 is 0 Å². The molecule has 0 spiro atoms. The van der Waals surface area contributed by atoms with Gasteiger partial charge in [0.25, 0.3) is 0 Å².